The van der Waals surface area contributed by atoms with Crippen LogP contribution in [0.25, 0.3) is 0 Å². The van der Waals surface area contributed by atoms with Crippen molar-refractivity contribution in [2.75, 3.05) is 26.2 Å². The molecule has 0 saturated carbocycles. The first-order valence-corrected chi connectivity index (χ1v) is 9.04. The van der Waals surface area contributed by atoms with E-state index in [-0.39, 0.29) is 17.3 Å². The summed E-state index contributed by atoms with van der Waals surface area (Å²) in [4.78, 5) is 28.6. The molecule has 1 fully saturated rings. The molecule has 1 saturated heterocycles. The number of nitrogens with zero attached hydrogens (tertiary/aromatic N) is 3. The molecule has 0 spiro atoms. The summed E-state index contributed by atoms with van der Waals surface area (Å²) in [6.45, 7) is 5.74. The molecule has 3 rings (SSSR count). The molecule has 0 N–H and O–H groups in total. The van der Waals surface area contributed by atoms with Crippen LogP contribution in [0.3, 0.4) is 0 Å². The van der Waals surface area contributed by atoms with Crippen LogP contribution < -0.4 is 5.56 Å². The van der Waals surface area contributed by atoms with Crippen molar-refractivity contribution in [3.63, 3.8) is 0 Å². The summed E-state index contributed by atoms with van der Waals surface area (Å²) in [6, 6.07) is 9.91. The van der Waals surface area contributed by atoms with Crippen molar-refractivity contribution in [3.8, 4) is 0 Å². The first-order chi connectivity index (χ1) is 12.6. The Bertz CT molecular complexity index is 834. The highest BCUT2D eigenvalue weighted by Crippen LogP contribution is 2.13. The minimum absolute atomic E-state index is 0.113. The van der Waals surface area contributed by atoms with Crippen LogP contribution >= 0.6 is 0 Å². The number of hydrogen-bond acceptors (Lipinski definition) is 3. The third kappa shape index (κ3) is 4.19. The van der Waals surface area contributed by atoms with E-state index < -0.39 is 0 Å². The van der Waals surface area contributed by atoms with E-state index in [1.54, 1.807) is 33.9 Å². The lowest BCUT2D eigenvalue weighted by Crippen LogP contribution is -2.36. The molecule has 1 aliphatic heterocycles. The number of halogens is 1. The standard InChI is InChI=1S/C20H24FN3O2/c1-2-23-11-8-16(14-19(23)25)20(26)24-10-5-9-22(12-13-24)15-17-6-3-4-7-18(17)21/h3-4,6-8,11,14H,2,5,9-10,12-13,15H2,1H3. The zero-order valence-corrected chi connectivity index (χ0v) is 15.0. The van der Waals surface area contributed by atoms with E-state index in [2.05, 4.69) is 4.90 Å². The van der Waals surface area contributed by atoms with Crippen molar-refractivity contribution in [1.29, 1.82) is 0 Å². The Morgan fingerprint density at radius 2 is 1.92 bits per heavy atom. The van der Waals surface area contributed by atoms with E-state index in [1.807, 2.05) is 13.0 Å². The number of benzene rings is 1. The monoisotopic (exact) mass is 357 g/mol. The Morgan fingerprint density at radius 1 is 1.12 bits per heavy atom. The lowest BCUT2D eigenvalue weighted by atomic mass is 10.2. The Kier molecular flexibility index (Phi) is 5.83. The molecule has 0 atom stereocenters. The van der Waals surface area contributed by atoms with E-state index >= 15 is 0 Å². The molecular formula is C20H24FN3O2. The summed E-state index contributed by atoms with van der Waals surface area (Å²) in [5.41, 5.74) is 0.951. The Morgan fingerprint density at radius 3 is 2.65 bits per heavy atom. The third-order valence-electron chi connectivity index (χ3n) is 4.81. The van der Waals surface area contributed by atoms with Crippen LogP contribution in [0.5, 0.6) is 0 Å². The van der Waals surface area contributed by atoms with Gasteiger partial charge in [-0.3, -0.25) is 14.5 Å². The van der Waals surface area contributed by atoms with Crippen LogP contribution in [-0.4, -0.2) is 46.5 Å². The number of carbonyl (C=O) groups excluding carboxylic acids is 1. The van der Waals surface area contributed by atoms with Crippen LogP contribution in [0.4, 0.5) is 4.39 Å². The fourth-order valence-electron chi connectivity index (χ4n) is 3.28. The number of pyridine rings is 1. The summed E-state index contributed by atoms with van der Waals surface area (Å²) in [5, 5.41) is 0. The second-order valence-electron chi connectivity index (χ2n) is 6.55. The van der Waals surface area contributed by atoms with Gasteiger partial charge < -0.3 is 9.47 Å². The number of amides is 1. The quantitative estimate of drug-likeness (QED) is 0.844. The van der Waals surface area contributed by atoms with Gasteiger partial charge in [0.2, 0.25) is 0 Å². The predicted octanol–water partition coefficient (Wildman–Crippen LogP) is 2.36. The minimum Gasteiger partial charge on any atom is -0.337 e. The summed E-state index contributed by atoms with van der Waals surface area (Å²) in [5.74, 6) is -0.306. The van der Waals surface area contributed by atoms with Gasteiger partial charge in [-0.2, -0.15) is 0 Å². The van der Waals surface area contributed by atoms with Gasteiger partial charge in [0.05, 0.1) is 0 Å². The van der Waals surface area contributed by atoms with Crippen molar-refractivity contribution < 1.29 is 9.18 Å². The Labute approximate surface area is 152 Å². The molecule has 1 amide bonds. The van der Waals surface area contributed by atoms with Crippen LogP contribution in [0.2, 0.25) is 0 Å². The highest BCUT2D eigenvalue weighted by atomic mass is 19.1. The van der Waals surface area contributed by atoms with E-state index in [9.17, 15) is 14.0 Å². The van der Waals surface area contributed by atoms with E-state index in [4.69, 9.17) is 0 Å². The van der Waals surface area contributed by atoms with Crippen LogP contribution in [0.15, 0.2) is 47.4 Å². The summed E-state index contributed by atoms with van der Waals surface area (Å²) < 4.78 is 15.4. The zero-order chi connectivity index (χ0) is 18.5. The molecule has 1 aliphatic rings. The highest BCUT2D eigenvalue weighted by Gasteiger charge is 2.21. The maximum absolute atomic E-state index is 13.8. The van der Waals surface area contributed by atoms with E-state index in [0.29, 0.717) is 43.9 Å². The molecule has 5 nitrogen and oxygen atoms in total. The van der Waals surface area contributed by atoms with Crippen molar-refractivity contribution in [3.05, 3.63) is 69.9 Å². The van der Waals surface area contributed by atoms with Gasteiger partial charge >= 0.3 is 0 Å². The second-order valence-corrected chi connectivity index (χ2v) is 6.55. The first kappa shape index (κ1) is 18.3. The molecule has 138 valence electrons. The largest absolute Gasteiger partial charge is 0.337 e. The fourth-order valence-corrected chi connectivity index (χ4v) is 3.28. The first-order valence-electron chi connectivity index (χ1n) is 9.04. The van der Waals surface area contributed by atoms with Gasteiger partial charge in [0.15, 0.2) is 0 Å². The van der Waals surface area contributed by atoms with Gasteiger partial charge in [0.25, 0.3) is 11.5 Å². The molecule has 0 radical (unpaired) electrons. The van der Waals surface area contributed by atoms with Gasteiger partial charge in [0, 0.05) is 62.7 Å². The number of hydrogen-bond donors (Lipinski definition) is 0. The summed E-state index contributed by atoms with van der Waals surface area (Å²) in [6.07, 6.45) is 2.49. The van der Waals surface area contributed by atoms with Crippen molar-refractivity contribution in [2.24, 2.45) is 0 Å². The average Bonchev–Trinajstić information content (AvgIpc) is 2.88. The molecule has 2 heterocycles. The molecule has 6 heteroatoms. The van der Waals surface area contributed by atoms with Crippen LogP contribution in [0.1, 0.15) is 29.3 Å². The number of rotatable bonds is 4. The molecular weight excluding hydrogens is 333 g/mol. The van der Waals surface area contributed by atoms with Crippen LogP contribution in [-0.2, 0) is 13.1 Å². The Hall–Kier alpha value is -2.47. The number of aryl methyl sites for hydroxylation is 1. The predicted molar refractivity (Wildman–Crippen MR) is 98.6 cm³/mol. The van der Waals surface area contributed by atoms with Crippen molar-refractivity contribution >= 4 is 5.91 Å². The van der Waals surface area contributed by atoms with E-state index in [1.165, 1.54) is 12.1 Å². The molecule has 1 aromatic carbocycles. The Balaban J connectivity index is 1.64. The third-order valence-corrected chi connectivity index (χ3v) is 4.81. The number of carbonyl (C=O) groups is 1. The van der Waals surface area contributed by atoms with Gasteiger partial charge in [-0.1, -0.05) is 18.2 Å². The second kappa shape index (κ2) is 8.27. The van der Waals surface area contributed by atoms with Gasteiger partial charge in [-0.05, 0) is 25.5 Å². The average molecular weight is 357 g/mol. The highest BCUT2D eigenvalue weighted by molar-refractivity contribution is 5.94. The lowest BCUT2D eigenvalue weighted by Gasteiger charge is -2.22. The molecule has 26 heavy (non-hydrogen) atoms. The van der Waals surface area contributed by atoms with Gasteiger partial charge in [-0.15, -0.1) is 0 Å². The van der Waals surface area contributed by atoms with Gasteiger partial charge in [0.1, 0.15) is 5.82 Å². The van der Waals surface area contributed by atoms with Crippen molar-refractivity contribution in [1.82, 2.24) is 14.4 Å². The molecule has 2 aromatic rings. The topological polar surface area (TPSA) is 45.6 Å². The smallest absolute Gasteiger partial charge is 0.254 e. The molecule has 1 aromatic heterocycles. The van der Waals surface area contributed by atoms with Crippen LogP contribution in [0, 0.1) is 5.82 Å². The normalized spacial score (nSPS) is 15.7. The molecule has 0 aliphatic carbocycles. The SMILES string of the molecule is CCn1ccc(C(=O)N2CCCN(Cc3ccccc3F)CC2)cc1=O. The summed E-state index contributed by atoms with van der Waals surface area (Å²) >= 11 is 0. The zero-order valence-electron chi connectivity index (χ0n) is 15.0. The van der Waals surface area contributed by atoms with Gasteiger partial charge in [-0.25, -0.2) is 4.39 Å². The summed E-state index contributed by atoms with van der Waals surface area (Å²) in [7, 11) is 0. The van der Waals surface area contributed by atoms with E-state index in [0.717, 1.165) is 13.0 Å². The lowest BCUT2D eigenvalue weighted by molar-refractivity contribution is 0.0760. The molecule has 0 bridgehead atoms. The maximum Gasteiger partial charge on any atom is 0.254 e. The number of aromatic nitrogens is 1. The minimum atomic E-state index is -0.193. The fraction of sp³-hybridized carbons (Fsp3) is 0.400. The molecule has 0 unspecified atom stereocenters. The maximum atomic E-state index is 13.8. The van der Waals surface area contributed by atoms with Crippen molar-refractivity contribution in [2.45, 2.75) is 26.4 Å².